The van der Waals surface area contributed by atoms with Gasteiger partial charge in [-0.25, -0.2) is 9.18 Å². The average molecular weight is 297 g/mol. The van der Waals surface area contributed by atoms with E-state index < -0.39 is 29.8 Å². The van der Waals surface area contributed by atoms with Crippen LogP contribution in [0.1, 0.15) is 12.8 Å². The average Bonchev–Trinajstić information content (AvgIpc) is 2.81. The number of aliphatic hydroxyl groups excluding tert-OH is 1. The van der Waals surface area contributed by atoms with Crippen LogP contribution in [0.2, 0.25) is 0 Å². The molecular formula is C14H16FNO5. The number of carboxylic acid groups (broad SMARTS) is 1. The number of benzene rings is 1. The lowest BCUT2D eigenvalue weighted by Gasteiger charge is -2.21. The molecule has 1 aliphatic heterocycles. The molecule has 1 amide bonds. The van der Waals surface area contributed by atoms with Crippen LogP contribution in [0.4, 0.5) is 4.39 Å². The normalized spacial score (nSPS) is 21.3. The van der Waals surface area contributed by atoms with Crippen LogP contribution in [-0.4, -0.2) is 52.3 Å². The van der Waals surface area contributed by atoms with Crippen molar-refractivity contribution in [2.45, 2.75) is 25.0 Å². The number of ether oxygens (including phenoxy) is 1. The van der Waals surface area contributed by atoms with E-state index in [1.54, 1.807) is 6.07 Å². The van der Waals surface area contributed by atoms with Crippen LogP contribution >= 0.6 is 0 Å². The van der Waals surface area contributed by atoms with Crippen LogP contribution in [0.3, 0.4) is 0 Å². The van der Waals surface area contributed by atoms with Gasteiger partial charge in [-0.3, -0.25) is 4.79 Å². The first-order chi connectivity index (χ1) is 9.97. The molecule has 0 unspecified atom stereocenters. The molecular weight excluding hydrogens is 281 g/mol. The van der Waals surface area contributed by atoms with E-state index in [1.807, 2.05) is 0 Å². The van der Waals surface area contributed by atoms with Crippen LogP contribution in [0.15, 0.2) is 24.3 Å². The van der Waals surface area contributed by atoms with Crippen molar-refractivity contribution in [1.29, 1.82) is 0 Å². The molecule has 2 N–H and O–H groups in total. The minimum Gasteiger partial charge on any atom is -0.493 e. The fourth-order valence-electron chi connectivity index (χ4n) is 2.28. The van der Waals surface area contributed by atoms with Crippen LogP contribution in [0.5, 0.6) is 5.75 Å². The predicted octanol–water partition coefficient (Wildman–Crippen LogP) is 0.641. The molecule has 0 aliphatic carbocycles. The van der Waals surface area contributed by atoms with Gasteiger partial charge in [0.25, 0.3) is 0 Å². The summed E-state index contributed by atoms with van der Waals surface area (Å²) in [6.45, 7) is 0.0248. The molecule has 0 saturated carbocycles. The molecule has 6 nitrogen and oxygen atoms in total. The number of carbonyl (C=O) groups is 2. The molecule has 21 heavy (non-hydrogen) atoms. The molecule has 0 spiro atoms. The summed E-state index contributed by atoms with van der Waals surface area (Å²) < 4.78 is 18.2. The van der Waals surface area contributed by atoms with Crippen molar-refractivity contribution >= 4 is 11.9 Å². The zero-order valence-corrected chi connectivity index (χ0v) is 11.2. The fourth-order valence-corrected chi connectivity index (χ4v) is 2.28. The molecule has 114 valence electrons. The molecule has 1 aliphatic rings. The number of hydrogen-bond acceptors (Lipinski definition) is 4. The van der Waals surface area contributed by atoms with Gasteiger partial charge in [0.2, 0.25) is 5.91 Å². The van der Waals surface area contributed by atoms with Crippen molar-refractivity contribution in [3.8, 4) is 5.75 Å². The van der Waals surface area contributed by atoms with Gasteiger partial charge in [-0.1, -0.05) is 6.07 Å². The highest BCUT2D eigenvalue weighted by Crippen LogP contribution is 2.19. The van der Waals surface area contributed by atoms with Gasteiger partial charge in [0, 0.05) is 19.0 Å². The van der Waals surface area contributed by atoms with E-state index in [9.17, 15) is 19.1 Å². The Morgan fingerprint density at radius 1 is 1.43 bits per heavy atom. The van der Waals surface area contributed by atoms with E-state index >= 15 is 0 Å². The Morgan fingerprint density at radius 2 is 2.19 bits per heavy atom. The van der Waals surface area contributed by atoms with Gasteiger partial charge in [0.05, 0.1) is 19.1 Å². The van der Waals surface area contributed by atoms with E-state index in [1.165, 1.54) is 18.2 Å². The number of carboxylic acids is 1. The van der Waals surface area contributed by atoms with Gasteiger partial charge in [-0.2, -0.15) is 0 Å². The molecule has 2 rings (SSSR count). The van der Waals surface area contributed by atoms with Crippen molar-refractivity contribution in [1.82, 2.24) is 4.90 Å². The second-order valence-electron chi connectivity index (χ2n) is 4.85. The number of aliphatic carboxylic acids is 1. The highest BCUT2D eigenvalue weighted by atomic mass is 19.1. The summed E-state index contributed by atoms with van der Waals surface area (Å²) in [6.07, 6.45) is -0.821. The highest BCUT2D eigenvalue weighted by molar-refractivity contribution is 5.84. The minimum absolute atomic E-state index is 0.00969. The maximum atomic E-state index is 12.9. The second kappa shape index (κ2) is 6.53. The predicted molar refractivity (Wildman–Crippen MR) is 70.3 cm³/mol. The highest BCUT2D eigenvalue weighted by Gasteiger charge is 2.38. The topological polar surface area (TPSA) is 87.1 Å². The molecule has 1 fully saturated rings. The SMILES string of the molecule is O=C(O)[C@@H]1C[C@@H](O)CN1C(=O)CCOc1cccc(F)c1. The molecule has 2 atom stereocenters. The Kier molecular flexibility index (Phi) is 4.74. The molecule has 0 radical (unpaired) electrons. The number of β-amino-alcohol motifs (C(OH)–C–C–N with tert-alkyl or cyclic N) is 1. The number of likely N-dealkylation sites (tertiary alicyclic amines) is 1. The minimum atomic E-state index is -1.13. The summed E-state index contributed by atoms with van der Waals surface area (Å²) in [5, 5.41) is 18.5. The van der Waals surface area contributed by atoms with Crippen molar-refractivity contribution < 1.29 is 28.9 Å². The maximum absolute atomic E-state index is 12.9. The van der Waals surface area contributed by atoms with Gasteiger partial charge >= 0.3 is 5.97 Å². The van der Waals surface area contributed by atoms with Crippen molar-refractivity contribution in [3.63, 3.8) is 0 Å². The first kappa shape index (κ1) is 15.2. The molecule has 0 aromatic heterocycles. The van der Waals surface area contributed by atoms with E-state index in [0.717, 1.165) is 4.90 Å². The molecule has 1 aromatic carbocycles. The standard InChI is InChI=1S/C14H16FNO5/c15-9-2-1-3-11(6-9)21-5-4-13(18)16-8-10(17)7-12(16)14(19)20/h1-3,6,10,12,17H,4-5,7-8H2,(H,19,20)/t10-,12+/m1/s1. The van der Waals surface area contributed by atoms with Gasteiger partial charge in [-0.15, -0.1) is 0 Å². The quantitative estimate of drug-likeness (QED) is 0.833. The summed E-state index contributed by atoms with van der Waals surface area (Å²) >= 11 is 0. The first-order valence-corrected chi connectivity index (χ1v) is 6.56. The summed E-state index contributed by atoms with van der Waals surface area (Å²) in [4.78, 5) is 24.1. The number of aliphatic hydroxyl groups is 1. The van der Waals surface area contributed by atoms with Crippen molar-refractivity contribution in [2.24, 2.45) is 0 Å². The lowest BCUT2D eigenvalue weighted by atomic mass is 10.2. The number of rotatable bonds is 5. The maximum Gasteiger partial charge on any atom is 0.326 e. The third-order valence-electron chi connectivity index (χ3n) is 3.27. The van der Waals surface area contributed by atoms with Crippen molar-refractivity contribution in [2.75, 3.05) is 13.2 Å². The van der Waals surface area contributed by atoms with Gasteiger partial charge in [0.15, 0.2) is 0 Å². The Labute approximate surface area is 120 Å². The number of hydrogen-bond donors (Lipinski definition) is 2. The summed E-state index contributed by atoms with van der Waals surface area (Å²) in [6, 6.07) is 4.53. The molecule has 1 aromatic rings. The number of halogens is 1. The Morgan fingerprint density at radius 3 is 2.86 bits per heavy atom. The van der Waals surface area contributed by atoms with E-state index in [0.29, 0.717) is 5.75 Å². The Balaban J connectivity index is 1.85. The largest absolute Gasteiger partial charge is 0.493 e. The number of carbonyl (C=O) groups excluding carboxylic acids is 1. The number of amides is 1. The monoisotopic (exact) mass is 297 g/mol. The van der Waals surface area contributed by atoms with Crippen molar-refractivity contribution in [3.05, 3.63) is 30.1 Å². The van der Waals surface area contributed by atoms with Gasteiger partial charge in [0.1, 0.15) is 17.6 Å². The zero-order chi connectivity index (χ0) is 15.4. The summed E-state index contributed by atoms with van der Waals surface area (Å²) in [7, 11) is 0. The van der Waals surface area contributed by atoms with Crippen LogP contribution in [0.25, 0.3) is 0 Å². The summed E-state index contributed by atoms with van der Waals surface area (Å²) in [5.41, 5.74) is 0. The van der Waals surface area contributed by atoms with Crippen LogP contribution in [0, 0.1) is 5.82 Å². The van der Waals surface area contributed by atoms with Gasteiger partial charge in [-0.05, 0) is 12.1 Å². The lowest BCUT2D eigenvalue weighted by Crippen LogP contribution is -2.41. The van der Waals surface area contributed by atoms with E-state index in [4.69, 9.17) is 9.84 Å². The number of nitrogens with zero attached hydrogens (tertiary/aromatic N) is 1. The molecule has 7 heteroatoms. The zero-order valence-electron chi connectivity index (χ0n) is 11.2. The van der Waals surface area contributed by atoms with Crippen LogP contribution in [-0.2, 0) is 9.59 Å². The Hall–Kier alpha value is -2.15. The third kappa shape index (κ3) is 3.91. The fraction of sp³-hybridized carbons (Fsp3) is 0.429. The molecule has 1 heterocycles. The van der Waals surface area contributed by atoms with E-state index in [2.05, 4.69) is 0 Å². The smallest absolute Gasteiger partial charge is 0.326 e. The lowest BCUT2D eigenvalue weighted by molar-refractivity contribution is -0.148. The van der Waals surface area contributed by atoms with Crippen LogP contribution < -0.4 is 4.74 Å². The first-order valence-electron chi connectivity index (χ1n) is 6.56. The second-order valence-corrected chi connectivity index (χ2v) is 4.85. The van der Waals surface area contributed by atoms with E-state index in [-0.39, 0.29) is 26.0 Å². The van der Waals surface area contributed by atoms with Gasteiger partial charge < -0.3 is 19.8 Å². The third-order valence-corrected chi connectivity index (χ3v) is 3.27. The molecule has 1 saturated heterocycles. The summed E-state index contributed by atoms with van der Waals surface area (Å²) in [5.74, 6) is -1.67. The Bertz CT molecular complexity index is 536. The molecule has 0 bridgehead atoms.